The van der Waals surface area contributed by atoms with Gasteiger partial charge in [-0.05, 0) is 49.3 Å². The van der Waals surface area contributed by atoms with Gasteiger partial charge in [-0.2, -0.15) is 0 Å². The zero-order valence-electron chi connectivity index (χ0n) is 20.2. The molecule has 0 amide bonds. The Kier molecular flexibility index (Phi) is 9.27. The maximum atomic E-state index is 11.8. The normalized spacial score (nSPS) is 18.9. The van der Waals surface area contributed by atoms with Crippen molar-refractivity contribution in [3.63, 3.8) is 0 Å². The van der Waals surface area contributed by atoms with Crippen LogP contribution in [0.15, 0.2) is 54.6 Å². The van der Waals surface area contributed by atoms with E-state index in [9.17, 15) is 9.36 Å². The van der Waals surface area contributed by atoms with Crippen LogP contribution < -0.4 is 0 Å². The van der Waals surface area contributed by atoms with E-state index in [2.05, 4.69) is 80.1 Å². The number of carbonyl (C=O) groups excluding carboxylic acids is 1. The minimum Gasteiger partial charge on any atom is -0.466 e. The molecule has 2 aromatic carbocycles. The van der Waals surface area contributed by atoms with Crippen molar-refractivity contribution in [2.45, 2.75) is 58.8 Å². The molecule has 3 rings (SSSR count). The molecule has 0 aromatic heterocycles. The number of carbonyl (C=O) groups is 1. The SMILES string of the molecule is CC1(C)CC(C)(c2ccccc2)c2ccccc21.CCOC(=O)CP(=O)(OCC)OCC. The van der Waals surface area contributed by atoms with E-state index in [-0.39, 0.29) is 36.8 Å². The van der Waals surface area contributed by atoms with Crippen LogP contribution in [-0.4, -0.2) is 32.0 Å². The summed E-state index contributed by atoms with van der Waals surface area (Å²) in [5, 5.41) is 0. The van der Waals surface area contributed by atoms with Crippen LogP contribution in [-0.2, 0) is 34.0 Å². The quantitative estimate of drug-likeness (QED) is 0.333. The molecule has 0 spiro atoms. The molecule has 32 heavy (non-hydrogen) atoms. The fourth-order valence-corrected chi connectivity index (χ4v) is 6.03. The van der Waals surface area contributed by atoms with Gasteiger partial charge < -0.3 is 13.8 Å². The highest BCUT2D eigenvalue weighted by molar-refractivity contribution is 7.54. The fraction of sp³-hybridized carbons (Fsp3) is 0.500. The van der Waals surface area contributed by atoms with Gasteiger partial charge in [-0.25, -0.2) is 0 Å². The molecule has 2 aromatic rings. The van der Waals surface area contributed by atoms with Gasteiger partial charge in [-0.1, -0.05) is 75.4 Å². The van der Waals surface area contributed by atoms with E-state index in [4.69, 9.17) is 9.05 Å². The number of hydrogen-bond donors (Lipinski definition) is 0. The zero-order chi connectivity index (χ0) is 23.8. The van der Waals surface area contributed by atoms with Crippen molar-refractivity contribution in [3.8, 4) is 0 Å². The standard InChI is InChI=1S/C18H20.C8H17O5P/c1-17(2)13-18(3,14-9-5-4-6-10-14)16-12-8-7-11-15(16)17;1-4-11-8(9)7-14(10,12-5-2)13-6-3/h4-12H,13H2,1-3H3;4-7H2,1-3H3. The first kappa shape index (κ1) is 26.3. The Labute approximate surface area is 193 Å². The lowest BCUT2D eigenvalue weighted by Gasteiger charge is -2.28. The zero-order valence-corrected chi connectivity index (χ0v) is 21.1. The first-order valence-corrected chi connectivity index (χ1v) is 13.0. The van der Waals surface area contributed by atoms with Gasteiger partial charge >= 0.3 is 13.6 Å². The van der Waals surface area contributed by atoms with E-state index in [1.807, 2.05) is 0 Å². The first-order valence-electron chi connectivity index (χ1n) is 11.3. The molecule has 1 unspecified atom stereocenters. The summed E-state index contributed by atoms with van der Waals surface area (Å²) >= 11 is 0. The van der Waals surface area contributed by atoms with Gasteiger partial charge in [0.25, 0.3) is 0 Å². The molecule has 5 nitrogen and oxygen atoms in total. The molecule has 0 saturated carbocycles. The molecule has 6 heteroatoms. The van der Waals surface area contributed by atoms with E-state index in [1.54, 1.807) is 20.8 Å². The first-order chi connectivity index (χ1) is 15.1. The van der Waals surface area contributed by atoms with Crippen LogP contribution in [0.5, 0.6) is 0 Å². The molecular weight excluding hydrogens is 423 g/mol. The van der Waals surface area contributed by atoms with Crippen molar-refractivity contribution in [2.24, 2.45) is 0 Å². The summed E-state index contributed by atoms with van der Waals surface area (Å²) in [6, 6.07) is 19.8. The molecular formula is C26H37O5P. The number of ether oxygens (including phenoxy) is 1. The van der Waals surface area contributed by atoms with Gasteiger partial charge in [0.15, 0.2) is 0 Å². The lowest BCUT2D eigenvalue weighted by atomic mass is 9.75. The van der Waals surface area contributed by atoms with Crippen LogP contribution in [0.3, 0.4) is 0 Å². The Hall–Kier alpha value is -1.94. The summed E-state index contributed by atoms with van der Waals surface area (Å²) in [5.74, 6) is -0.558. The van der Waals surface area contributed by atoms with Crippen molar-refractivity contribution >= 4 is 13.6 Å². The largest absolute Gasteiger partial charge is 0.466 e. The number of rotatable bonds is 8. The molecule has 0 radical (unpaired) electrons. The second-order valence-corrected chi connectivity index (χ2v) is 10.8. The average molecular weight is 461 g/mol. The van der Waals surface area contributed by atoms with Crippen molar-refractivity contribution in [1.29, 1.82) is 0 Å². The Balaban J connectivity index is 0.000000237. The maximum Gasteiger partial charge on any atom is 0.341 e. The fourth-order valence-electron chi connectivity index (χ4n) is 4.58. The van der Waals surface area contributed by atoms with Crippen LogP contribution >= 0.6 is 7.60 Å². The number of benzene rings is 2. The van der Waals surface area contributed by atoms with Gasteiger partial charge in [0, 0.05) is 5.41 Å². The molecule has 0 saturated heterocycles. The Morgan fingerprint density at radius 2 is 1.38 bits per heavy atom. The van der Waals surface area contributed by atoms with Gasteiger partial charge in [0.2, 0.25) is 0 Å². The summed E-state index contributed by atoms with van der Waals surface area (Å²) in [5.41, 5.74) is 4.86. The van der Waals surface area contributed by atoms with Crippen molar-refractivity contribution in [1.82, 2.24) is 0 Å². The number of esters is 1. The molecule has 1 aliphatic rings. The topological polar surface area (TPSA) is 61.8 Å². The summed E-state index contributed by atoms with van der Waals surface area (Å²) in [7, 11) is -3.28. The maximum absolute atomic E-state index is 11.8. The summed E-state index contributed by atoms with van der Waals surface area (Å²) in [6.07, 6.45) is 0.867. The van der Waals surface area contributed by atoms with Crippen LogP contribution in [0.2, 0.25) is 0 Å². The van der Waals surface area contributed by atoms with Crippen LogP contribution in [0.4, 0.5) is 0 Å². The third-order valence-electron chi connectivity index (χ3n) is 5.74. The highest BCUT2D eigenvalue weighted by Gasteiger charge is 2.45. The third kappa shape index (κ3) is 6.31. The van der Waals surface area contributed by atoms with Gasteiger partial charge in [-0.15, -0.1) is 0 Å². The van der Waals surface area contributed by atoms with Crippen LogP contribution in [0, 0.1) is 0 Å². The predicted octanol–water partition coefficient (Wildman–Crippen LogP) is 6.49. The van der Waals surface area contributed by atoms with Crippen molar-refractivity contribution < 1.29 is 23.1 Å². The molecule has 0 N–H and O–H groups in total. The van der Waals surface area contributed by atoms with Crippen LogP contribution in [0.25, 0.3) is 0 Å². The Morgan fingerprint density at radius 3 is 1.91 bits per heavy atom. The minimum atomic E-state index is -3.28. The highest BCUT2D eigenvalue weighted by atomic mass is 31.2. The van der Waals surface area contributed by atoms with Crippen molar-refractivity contribution in [3.05, 3.63) is 71.3 Å². The van der Waals surface area contributed by atoms with Crippen LogP contribution in [0.1, 0.15) is 64.7 Å². The van der Waals surface area contributed by atoms with E-state index in [1.165, 1.54) is 23.1 Å². The lowest BCUT2D eigenvalue weighted by molar-refractivity contribution is -0.140. The number of fused-ring (bicyclic) bond motifs is 1. The molecule has 1 atom stereocenters. The van der Waals surface area contributed by atoms with Gasteiger partial charge in [0.1, 0.15) is 6.16 Å². The van der Waals surface area contributed by atoms with E-state index < -0.39 is 13.6 Å². The second kappa shape index (κ2) is 11.3. The Bertz CT molecular complexity index is 915. The molecule has 0 heterocycles. The highest BCUT2D eigenvalue weighted by Crippen LogP contribution is 2.52. The average Bonchev–Trinajstić information content (AvgIpc) is 2.96. The van der Waals surface area contributed by atoms with Crippen molar-refractivity contribution in [2.75, 3.05) is 26.0 Å². The molecule has 0 bridgehead atoms. The van der Waals surface area contributed by atoms with E-state index >= 15 is 0 Å². The van der Waals surface area contributed by atoms with Gasteiger partial charge in [-0.3, -0.25) is 9.36 Å². The van der Waals surface area contributed by atoms with E-state index in [0.29, 0.717) is 0 Å². The second-order valence-electron chi connectivity index (χ2n) is 8.71. The molecule has 1 aliphatic carbocycles. The molecule has 0 aliphatic heterocycles. The minimum absolute atomic E-state index is 0.154. The Morgan fingerprint density at radius 1 is 0.844 bits per heavy atom. The smallest absolute Gasteiger partial charge is 0.341 e. The number of hydrogen-bond acceptors (Lipinski definition) is 5. The summed E-state index contributed by atoms with van der Waals surface area (Å²) < 4.78 is 26.3. The molecule has 0 fully saturated rings. The summed E-state index contributed by atoms with van der Waals surface area (Å²) in [6.45, 7) is 12.9. The third-order valence-corrected chi connectivity index (χ3v) is 7.69. The molecule has 176 valence electrons. The monoisotopic (exact) mass is 460 g/mol. The summed E-state index contributed by atoms with van der Waals surface area (Å²) in [4.78, 5) is 11.1. The van der Waals surface area contributed by atoms with E-state index in [0.717, 1.165) is 0 Å². The van der Waals surface area contributed by atoms with Gasteiger partial charge in [0.05, 0.1) is 19.8 Å². The predicted molar refractivity (Wildman–Crippen MR) is 129 cm³/mol. The lowest BCUT2D eigenvalue weighted by Crippen LogP contribution is -2.23.